The Morgan fingerprint density at radius 1 is 1.53 bits per heavy atom. The highest BCUT2D eigenvalue weighted by atomic mass is 32.1. The molecule has 0 atom stereocenters. The third kappa shape index (κ3) is 2.29. The van der Waals surface area contributed by atoms with Gasteiger partial charge in [-0.1, -0.05) is 19.1 Å². The lowest BCUT2D eigenvalue weighted by atomic mass is 10.1. The molecule has 0 saturated heterocycles. The molecule has 4 nitrogen and oxygen atoms in total. The topological polar surface area (TPSA) is 76.2 Å². The van der Waals surface area contributed by atoms with Gasteiger partial charge < -0.3 is 10.8 Å². The molecule has 0 aliphatic heterocycles. The second-order valence-corrected chi connectivity index (χ2v) is 4.47. The summed E-state index contributed by atoms with van der Waals surface area (Å²) < 4.78 is 0. The van der Waals surface area contributed by atoms with E-state index in [2.05, 4.69) is 4.98 Å². The summed E-state index contributed by atoms with van der Waals surface area (Å²) in [4.78, 5) is 14.8. The minimum Gasteiger partial charge on any atom is -0.476 e. The van der Waals surface area contributed by atoms with Crippen molar-refractivity contribution in [3.63, 3.8) is 0 Å². The van der Waals surface area contributed by atoms with Gasteiger partial charge in [0.15, 0.2) is 5.69 Å². The summed E-state index contributed by atoms with van der Waals surface area (Å²) in [5, 5.41) is 11.0. The van der Waals surface area contributed by atoms with Crippen LogP contribution in [0.25, 0.3) is 10.6 Å². The molecule has 0 spiro atoms. The normalized spacial score (nSPS) is 10.4. The average molecular weight is 248 g/mol. The Morgan fingerprint density at radius 3 is 2.82 bits per heavy atom. The van der Waals surface area contributed by atoms with Gasteiger partial charge in [0.05, 0.1) is 0 Å². The molecule has 0 saturated carbocycles. The van der Waals surface area contributed by atoms with Gasteiger partial charge in [-0.05, 0) is 18.1 Å². The predicted molar refractivity (Wildman–Crippen MR) is 68.3 cm³/mol. The summed E-state index contributed by atoms with van der Waals surface area (Å²) in [5.41, 5.74) is 8.63. The van der Waals surface area contributed by atoms with Crippen LogP contribution in [0.4, 0.5) is 5.69 Å². The number of nitrogens with zero attached hydrogens (tertiary/aromatic N) is 1. The molecule has 0 bridgehead atoms. The summed E-state index contributed by atoms with van der Waals surface area (Å²) in [6, 6.07) is 5.70. The summed E-state index contributed by atoms with van der Waals surface area (Å²) in [5.74, 6) is -1.01. The Morgan fingerprint density at radius 2 is 2.29 bits per heavy atom. The maximum absolute atomic E-state index is 10.7. The van der Waals surface area contributed by atoms with Gasteiger partial charge in [-0.3, -0.25) is 0 Å². The molecule has 1 aromatic carbocycles. The van der Waals surface area contributed by atoms with Crippen LogP contribution < -0.4 is 5.73 Å². The fourth-order valence-corrected chi connectivity index (χ4v) is 2.35. The number of hydrogen-bond acceptors (Lipinski definition) is 4. The van der Waals surface area contributed by atoms with Crippen LogP contribution >= 0.6 is 11.3 Å². The van der Waals surface area contributed by atoms with E-state index in [0.29, 0.717) is 5.01 Å². The zero-order valence-electron chi connectivity index (χ0n) is 9.30. The second kappa shape index (κ2) is 4.55. The molecule has 2 aromatic rings. The number of carbonyl (C=O) groups is 1. The first-order chi connectivity index (χ1) is 8.11. The van der Waals surface area contributed by atoms with E-state index in [0.717, 1.165) is 23.2 Å². The zero-order chi connectivity index (χ0) is 12.4. The highest BCUT2D eigenvalue weighted by molar-refractivity contribution is 7.13. The van der Waals surface area contributed by atoms with Gasteiger partial charge in [0.2, 0.25) is 0 Å². The van der Waals surface area contributed by atoms with E-state index >= 15 is 0 Å². The van der Waals surface area contributed by atoms with Crippen molar-refractivity contribution < 1.29 is 9.90 Å². The van der Waals surface area contributed by atoms with Crippen LogP contribution in [0.2, 0.25) is 0 Å². The van der Waals surface area contributed by atoms with Crippen LogP contribution in [-0.4, -0.2) is 16.1 Å². The monoisotopic (exact) mass is 248 g/mol. The van der Waals surface area contributed by atoms with Crippen molar-refractivity contribution in [3.8, 4) is 10.6 Å². The van der Waals surface area contributed by atoms with E-state index in [9.17, 15) is 4.79 Å². The Kier molecular flexibility index (Phi) is 3.10. The van der Waals surface area contributed by atoms with Crippen molar-refractivity contribution in [1.82, 2.24) is 4.98 Å². The van der Waals surface area contributed by atoms with E-state index in [1.807, 2.05) is 25.1 Å². The summed E-state index contributed by atoms with van der Waals surface area (Å²) in [7, 11) is 0. The smallest absolute Gasteiger partial charge is 0.355 e. The minimum atomic E-state index is -1.01. The number of anilines is 1. The Balaban J connectivity index is 2.39. The number of carboxylic acid groups (broad SMARTS) is 1. The lowest BCUT2D eigenvalue weighted by Crippen LogP contribution is -1.96. The third-order valence-corrected chi connectivity index (χ3v) is 3.39. The van der Waals surface area contributed by atoms with Crippen molar-refractivity contribution in [1.29, 1.82) is 0 Å². The molecule has 1 heterocycles. The van der Waals surface area contributed by atoms with Crippen molar-refractivity contribution in [2.24, 2.45) is 0 Å². The highest BCUT2D eigenvalue weighted by Crippen LogP contribution is 2.27. The second-order valence-electron chi connectivity index (χ2n) is 3.61. The zero-order valence-corrected chi connectivity index (χ0v) is 10.1. The van der Waals surface area contributed by atoms with Crippen molar-refractivity contribution in [2.75, 3.05) is 5.73 Å². The molecule has 0 aliphatic carbocycles. The molecule has 0 unspecified atom stereocenters. The number of hydrogen-bond donors (Lipinski definition) is 2. The SMILES string of the molecule is CCc1ccc(-c2nc(C(=O)O)cs2)cc1N. The minimum absolute atomic E-state index is 0.0724. The van der Waals surface area contributed by atoms with Crippen LogP contribution in [0.5, 0.6) is 0 Å². The lowest BCUT2D eigenvalue weighted by molar-refractivity contribution is 0.0691. The standard InChI is InChI=1S/C12H12N2O2S/c1-2-7-3-4-8(5-9(7)13)11-14-10(6-17-11)12(15)16/h3-6H,2,13H2,1H3,(H,15,16). The van der Waals surface area contributed by atoms with Gasteiger partial charge in [0.1, 0.15) is 5.01 Å². The molecule has 1 aromatic heterocycles. The van der Waals surface area contributed by atoms with Crippen LogP contribution in [0.15, 0.2) is 23.6 Å². The van der Waals surface area contributed by atoms with E-state index in [1.165, 1.54) is 16.7 Å². The number of benzene rings is 1. The number of carboxylic acids is 1. The summed E-state index contributed by atoms with van der Waals surface area (Å²) in [6.45, 7) is 2.04. The molecule has 0 aliphatic rings. The Hall–Kier alpha value is -1.88. The maximum Gasteiger partial charge on any atom is 0.355 e. The van der Waals surface area contributed by atoms with Gasteiger partial charge in [0, 0.05) is 16.6 Å². The van der Waals surface area contributed by atoms with E-state index in [4.69, 9.17) is 10.8 Å². The highest BCUT2D eigenvalue weighted by Gasteiger charge is 2.10. The average Bonchev–Trinajstić information content (AvgIpc) is 2.78. The van der Waals surface area contributed by atoms with Gasteiger partial charge in [-0.2, -0.15) is 0 Å². The number of nitrogen functional groups attached to an aromatic ring is 1. The van der Waals surface area contributed by atoms with Crippen LogP contribution in [0.1, 0.15) is 23.0 Å². The molecule has 2 rings (SSSR count). The molecular formula is C12H12N2O2S. The first-order valence-corrected chi connectivity index (χ1v) is 6.07. The van der Waals surface area contributed by atoms with Crippen LogP contribution in [0.3, 0.4) is 0 Å². The van der Waals surface area contributed by atoms with Crippen molar-refractivity contribution in [2.45, 2.75) is 13.3 Å². The fourth-order valence-electron chi connectivity index (χ4n) is 1.55. The van der Waals surface area contributed by atoms with Crippen LogP contribution in [-0.2, 0) is 6.42 Å². The number of nitrogens with two attached hydrogens (primary N) is 1. The number of aromatic carboxylic acids is 1. The first kappa shape index (κ1) is 11.6. The largest absolute Gasteiger partial charge is 0.476 e. The van der Waals surface area contributed by atoms with E-state index in [-0.39, 0.29) is 5.69 Å². The van der Waals surface area contributed by atoms with E-state index < -0.39 is 5.97 Å². The lowest BCUT2D eigenvalue weighted by Gasteiger charge is -2.04. The maximum atomic E-state index is 10.7. The predicted octanol–water partition coefficient (Wildman–Crippen LogP) is 2.65. The van der Waals surface area contributed by atoms with Gasteiger partial charge >= 0.3 is 5.97 Å². The van der Waals surface area contributed by atoms with Crippen molar-refractivity contribution >= 4 is 23.0 Å². The van der Waals surface area contributed by atoms with Gasteiger partial charge in [-0.15, -0.1) is 11.3 Å². The number of thiazole rings is 1. The molecule has 0 amide bonds. The quantitative estimate of drug-likeness (QED) is 0.819. The summed E-state index contributed by atoms with van der Waals surface area (Å²) in [6.07, 6.45) is 0.879. The first-order valence-electron chi connectivity index (χ1n) is 5.19. The summed E-state index contributed by atoms with van der Waals surface area (Å²) >= 11 is 1.31. The van der Waals surface area contributed by atoms with Gasteiger partial charge in [0.25, 0.3) is 0 Å². The van der Waals surface area contributed by atoms with E-state index in [1.54, 1.807) is 0 Å². The van der Waals surface area contributed by atoms with Gasteiger partial charge in [-0.25, -0.2) is 9.78 Å². The Labute approximate surface area is 103 Å². The number of aryl methyl sites for hydroxylation is 1. The number of aromatic nitrogens is 1. The molecular weight excluding hydrogens is 236 g/mol. The van der Waals surface area contributed by atoms with Crippen molar-refractivity contribution in [3.05, 3.63) is 34.8 Å². The fraction of sp³-hybridized carbons (Fsp3) is 0.167. The molecule has 0 radical (unpaired) electrons. The molecule has 0 fully saturated rings. The molecule has 88 valence electrons. The third-order valence-electron chi connectivity index (χ3n) is 2.50. The number of rotatable bonds is 3. The van der Waals surface area contributed by atoms with Crippen LogP contribution in [0, 0.1) is 0 Å². The molecule has 5 heteroatoms. The Bertz CT molecular complexity index is 563. The molecule has 17 heavy (non-hydrogen) atoms. The molecule has 3 N–H and O–H groups in total.